The Morgan fingerprint density at radius 2 is 2.00 bits per heavy atom. The van der Waals surface area contributed by atoms with Crippen molar-refractivity contribution in [1.82, 2.24) is 9.55 Å². The van der Waals surface area contributed by atoms with E-state index in [2.05, 4.69) is 9.72 Å². The zero-order valence-electron chi connectivity index (χ0n) is 10.4. The summed E-state index contributed by atoms with van der Waals surface area (Å²) in [7, 11) is 1.92. The number of aryl methyl sites for hydroxylation is 2. The van der Waals surface area contributed by atoms with Gasteiger partial charge in [0.05, 0.1) is 11.9 Å². The fraction of sp³-hybridized carbons (Fsp3) is 0.308. The Kier molecular flexibility index (Phi) is 3.32. The third-order valence-electron chi connectivity index (χ3n) is 2.92. The zero-order valence-corrected chi connectivity index (χ0v) is 10.4. The fourth-order valence-electron chi connectivity index (χ4n) is 1.85. The number of nitrogens with zero attached hydrogens (tertiary/aromatic N) is 2. The maximum absolute atomic E-state index is 12.1. The Hall–Kier alpha value is -1.91. The molecule has 0 unspecified atom stereocenters. The Balaban J connectivity index is 2.38. The number of ether oxygens (including phenoxy) is 1. The van der Waals surface area contributed by atoms with E-state index in [4.69, 9.17) is 0 Å². The summed E-state index contributed by atoms with van der Waals surface area (Å²) in [5.74, 6) is 1.07. The maximum atomic E-state index is 12.1. The van der Waals surface area contributed by atoms with Gasteiger partial charge in [-0.25, -0.2) is 4.98 Å². The van der Waals surface area contributed by atoms with Crippen LogP contribution in [0.5, 0.6) is 5.75 Å². The molecule has 18 heavy (non-hydrogen) atoms. The van der Waals surface area contributed by atoms with E-state index in [-0.39, 0.29) is 5.75 Å². The molecule has 0 saturated carbocycles. The second-order valence-electron chi connectivity index (χ2n) is 4.10. The molecule has 0 fully saturated rings. The molecule has 0 radical (unpaired) electrons. The molecule has 0 aliphatic heterocycles. The van der Waals surface area contributed by atoms with Gasteiger partial charge in [0.1, 0.15) is 11.6 Å². The molecule has 0 aliphatic rings. The Morgan fingerprint density at radius 1 is 1.28 bits per heavy atom. The minimum atomic E-state index is -2.80. The van der Waals surface area contributed by atoms with Gasteiger partial charge in [-0.15, -0.1) is 0 Å². The molecule has 0 atom stereocenters. The Morgan fingerprint density at radius 3 is 2.50 bits per heavy atom. The molecule has 96 valence electrons. The van der Waals surface area contributed by atoms with Crippen LogP contribution in [0.2, 0.25) is 0 Å². The monoisotopic (exact) mass is 252 g/mol. The van der Waals surface area contributed by atoms with Gasteiger partial charge in [0, 0.05) is 12.6 Å². The lowest BCUT2D eigenvalue weighted by molar-refractivity contribution is -0.0498. The van der Waals surface area contributed by atoms with Crippen LogP contribution in [0.15, 0.2) is 24.4 Å². The summed E-state index contributed by atoms with van der Waals surface area (Å²) in [6, 6.07) is 4.91. The van der Waals surface area contributed by atoms with E-state index in [1.807, 2.05) is 25.5 Å². The molecule has 0 saturated heterocycles. The number of aromatic nitrogens is 2. The van der Waals surface area contributed by atoms with Crippen molar-refractivity contribution in [2.75, 3.05) is 0 Å². The Labute approximate surface area is 104 Å². The van der Waals surface area contributed by atoms with Crippen molar-refractivity contribution in [1.29, 1.82) is 0 Å². The number of rotatable bonds is 3. The van der Waals surface area contributed by atoms with Crippen LogP contribution in [-0.4, -0.2) is 16.2 Å². The van der Waals surface area contributed by atoms with Gasteiger partial charge in [0.15, 0.2) is 0 Å². The molecule has 2 rings (SSSR count). The highest BCUT2D eigenvalue weighted by Gasteiger charge is 2.10. The van der Waals surface area contributed by atoms with Gasteiger partial charge in [0.2, 0.25) is 0 Å². The summed E-state index contributed by atoms with van der Waals surface area (Å²) >= 11 is 0. The van der Waals surface area contributed by atoms with Crippen LogP contribution in [0.1, 0.15) is 11.4 Å². The highest BCUT2D eigenvalue weighted by molar-refractivity contribution is 5.64. The lowest BCUT2D eigenvalue weighted by Crippen LogP contribution is -2.02. The normalized spacial score (nSPS) is 11.0. The average molecular weight is 252 g/mol. The van der Waals surface area contributed by atoms with Crippen LogP contribution in [0.3, 0.4) is 0 Å². The van der Waals surface area contributed by atoms with Gasteiger partial charge in [-0.3, -0.25) is 0 Å². The predicted molar refractivity (Wildman–Crippen MR) is 64.8 cm³/mol. The Bertz CT molecular complexity index is 564. The van der Waals surface area contributed by atoms with Crippen molar-refractivity contribution in [3.05, 3.63) is 35.8 Å². The fourth-order valence-corrected chi connectivity index (χ4v) is 1.85. The van der Waals surface area contributed by atoms with E-state index in [1.54, 1.807) is 18.3 Å². The number of hydrogen-bond acceptors (Lipinski definition) is 2. The summed E-state index contributed by atoms with van der Waals surface area (Å²) < 4.78 is 30.5. The molecule has 1 aromatic carbocycles. The molecule has 0 aliphatic carbocycles. The zero-order chi connectivity index (χ0) is 13.3. The molecule has 0 N–H and O–H groups in total. The molecule has 5 heteroatoms. The number of imidazole rings is 1. The van der Waals surface area contributed by atoms with Gasteiger partial charge in [0.25, 0.3) is 0 Å². The van der Waals surface area contributed by atoms with E-state index < -0.39 is 6.61 Å². The van der Waals surface area contributed by atoms with Crippen molar-refractivity contribution in [3.8, 4) is 17.0 Å². The van der Waals surface area contributed by atoms with Gasteiger partial charge in [-0.1, -0.05) is 0 Å². The quantitative estimate of drug-likeness (QED) is 0.838. The standard InChI is InChI=1S/C13H14F2N2O/c1-8-6-10(18-13(14)15)4-5-11(8)12-7-16-9(2)17(12)3/h4-7,13H,1-3H3. The highest BCUT2D eigenvalue weighted by Crippen LogP contribution is 2.27. The van der Waals surface area contributed by atoms with Gasteiger partial charge >= 0.3 is 6.61 Å². The van der Waals surface area contributed by atoms with Crippen molar-refractivity contribution in [3.63, 3.8) is 0 Å². The smallest absolute Gasteiger partial charge is 0.387 e. The first-order valence-corrected chi connectivity index (χ1v) is 5.53. The van der Waals surface area contributed by atoms with Crippen LogP contribution >= 0.6 is 0 Å². The summed E-state index contributed by atoms with van der Waals surface area (Å²) in [6.07, 6.45) is 1.77. The van der Waals surface area contributed by atoms with E-state index >= 15 is 0 Å². The molecule has 1 aromatic heterocycles. The summed E-state index contributed by atoms with van der Waals surface area (Å²) in [5.41, 5.74) is 2.78. The molecule has 2 aromatic rings. The molecule has 0 bridgehead atoms. The first-order valence-electron chi connectivity index (χ1n) is 5.53. The molecule has 0 amide bonds. The summed E-state index contributed by atoms with van der Waals surface area (Å²) in [5, 5.41) is 0. The number of hydrogen-bond donors (Lipinski definition) is 0. The molecule has 0 spiro atoms. The second-order valence-corrected chi connectivity index (χ2v) is 4.10. The largest absolute Gasteiger partial charge is 0.435 e. The number of halogens is 2. The second kappa shape index (κ2) is 4.76. The molecule has 3 nitrogen and oxygen atoms in total. The lowest BCUT2D eigenvalue weighted by atomic mass is 10.1. The number of benzene rings is 1. The van der Waals surface area contributed by atoms with Crippen molar-refractivity contribution < 1.29 is 13.5 Å². The lowest BCUT2D eigenvalue weighted by Gasteiger charge is -2.10. The van der Waals surface area contributed by atoms with Crippen molar-refractivity contribution in [2.24, 2.45) is 7.05 Å². The van der Waals surface area contributed by atoms with E-state index in [9.17, 15) is 8.78 Å². The van der Waals surface area contributed by atoms with E-state index in [1.165, 1.54) is 6.07 Å². The predicted octanol–water partition coefficient (Wildman–Crippen LogP) is 3.31. The third-order valence-corrected chi connectivity index (χ3v) is 2.92. The van der Waals surface area contributed by atoms with Crippen molar-refractivity contribution in [2.45, 2.75) is 20.5 Å². The summed E-state index contributed by atoms with van der Waals surface area (Å²) in [6.45, 7) is 0.970. The first-order chi connectivity index (χ1) is 8.49. The van der Waals surface area contributed by atoms with Crippen LogP contribution in [0, 0.1) is 13.8 Å². The highest BCUT2D eigenvalue weighted by atomic mass is 19.3. The van der Waals surface area contributed by atoms with Crippen LogP contribution < -0.4 is 4.74 Å². The summed E-state index contributed by atoms with van der Waals surface area (Å²) in [4.78, 5) is 4.22. The SMILES string of the molecule is Cc1cc(OC(F)F)ccc1-c1cnc(C)n1C. The molecule has 1 heterocycles. The van der Waals surface area contributed by atoms with Crippen LogP contribution in [0.25, 0.3) is 11.3 Å². The number of alkyl halides is 2. The van der Waals surface area contributed by atoms with E-state index in [0.29, 0.717) is 0 Å². The van der Waals surface area contributed by atoms with Gasteiger partial charge in [-0.05, 0) is 37.6 Å². The maximum Gasteiger partial charge on any atom is 0.387 e. The third kappa shape index (κ3) is 2.34. The average Bonchev–Trinajstić information content (AvgIpc) is 2.60. The minimum absolute atomic E-state index is 0.171. The van der Waals surface area contributed by atoms with Crippen LogP contribution in [-0.2, 0) is 7.05 Å². The van der Waals surface area contributed by atoms with E-state index in [0.717, 1.165) is 22.6 Å². The minimum Gasteiger partial charge on any atom is -0.435 e. The molecular formula is C13H14F2N2O. The first kappa shape index (κ1) is 12.5. The molecular weight excluding hydrogens is 238 g/mol. The van der Waals surface area contributed by atoms with Gasteiger partial charge < -0.3 is 9.30 Å². The van der Waals surface area contributed by atoms with Crippen LogP contribution in [0.4, 0.5) is 8.78 Å². The topological polar surface area (TPSA) is 27.1 Å². The van der Waals surface area contributed by atoms with Crippen molar-refractivity contribution >= 4 is 0 Å². The van der Waals surface area contributed by atoms with Gasteiger partial charge in [-0.2, -0.15) is 8.78 Å².